The van der Waals surface area contributed by atoms with Crippen molar-refractivity contribution in [2.24, 2.45) is 0 Å². The summed E-state index contributed by atoms with van der Waals surface area (Å²) in [7, 11) is 0. The lowest BCUT2D eigenvalue weighted by atomic mass is 10.1. The topological polar surface area (TPSA) is 37.8 Å². The Kier molecular flexibility index (Phi) is 3.59. The Morgan fingerprint density at radius 3 is 2.28 bits per heavy atom. The predicted octanol–water partition coefficient (Wildman–Crippen LogP) is 6.72. The van der Waals surface area contributed by atoms with Crippen LogP contribution in [0.5, 0.6) is 0 Å². The third-order valence-electron chi connectivity index (χ3n) is 5.62. The van der Waals surface area contributed by atoms with Crippen molar-refractivity contribution in [3.05, 3.63) is 94.1 Å². The number of benzene rings is 4. The highest BCUT2D eigenvalue weighted by Gasteiger charge is 2.21. The van der Waals surface area contributed by atoms with E-state index in [1.165, 1.54) is 5.39 Å². The normalized spacial score (nSPS) is 11.8. The largest absolute Gasteiger partial charge is 0.353 e. The maximum absolute atomic E-state index is 13.8. The number of rotatable bonds is 1. The van der Waals surface area contributed by atoms with Gasteiger partial charge in [-0.2, -0.15) is 0 Å². The third kappa shape index (κ3) is 2.32. The van der Waals surface area contributed by atoms with Gasteiger partial charge in [0, 0.05) is 30.6 Å². The average Bonchev–Trinajstić information content (AvgIpc) is 3.29. The molecule has 0 aliphatic rings. The Morgan fingerprint density at radius 1 is 0.724 bits per heavy atom. The van der Waals surface area contributed by atoms with Crippen molar-refractivity contribution in [3.8, 4) is 0 Å². The quantitative estimate of drug-likeness (QED) is 0.258. The van der Waals surface area contributed by atoms with Gasteiger partial charge < -0.3 is 4.98 Å². The lowest BCUT2D eigenvalue weighted by Gasteiger charge is -2.08. The van der Waals surface area contributed by atoms with Gasteiger partial charge in [0.1, 0.15) is 0 Å². The second kappa shape index (κ2) is 6.19. The lowest BCUT2D eigenvalue weighted by molar-refractivity contribution is 0.0969. The molecule has 138 valence electrons. The van der Waals surface area contributed by atoms with E-state index in [0.717, 1.165) is 41.8 Å². The molecule has 6 aromatic rings. The van der Waals surface area contributed by atoms with Gasteiger partial charge in [0.2, 0.25) is 0 Å². The molecule has 4 aromatic carbocycles. The molecule has 0 spiro atoms. The first kappa shape index (κ1) is 16.8. The van der Waals surface area contributed by atoms with Gasteiger partial charge in [-0.3, -0.25) is 9.36 Å². The molecule has 0 saturated carbocycles. The van der Waals surface area contributed by atoms with Crippen LogP contribution in [0.4, 0.5) is 0 Å². The number of carbonyl (C=O) groups excluding carboxylic acids is 1. The van der Waals surface area contributed by atoms with Crippen LogP contribution in [-0.2, 0) is 0 Å². The molecular weight excluding hydrogens is 471 g/mol. The minimum Gasteiger partial charge on any atom is -0.353 e. The summed E-state index contributed by atoms with van der Waals surface area (Å²) >= 11 is 2.24. The molecule has 2 aromatic heterocycles. The van der Waals surface area contributed by atoms with E-state index in [0.29, 0.717) is 5.56 Å². The molecule has 0 amide bonds. The number of halogens is 1. The van der Waals surface area contributed by atoms with Gasteiger partial charge in [0.25, 0.3) is 5.91 Å². The number of carbonyl (C=O) groups is 1. The second-order valence-electron chi connectivity index (χ2n) is 7.19. The van der Waals surface area contributed by atoms with Crippen LogP contribution in [0.15, 0.2) is 84.9 Å². The van der Waals surface area contributed by atoms with Gasteiger partial charge in [-0.15, -0.1) is 0 Å². The van der Waals surface area contributed by atoms with E-state index in [-0.39, 0.29) is 5.91 Å². The van der Waals surface area contributed by atoms with Crippen LogP contribution in [0.3, 0.4) is 0 Å². The van der Waals surface area contributed by atoms with E-state index in [2.05, 4.69) is 57.9 Å². The molecule has 0 bridgehead atoms. The molecule has 0 saturated heterocycles. The fraction of sp³-hybridized carbons (Fsp3) is 0. The fourth-order valence-electron chi connectivity index (χ4n) is 4.34. The summed E-state index contributed by atoms with van der Waals surface area (Å²) in [6, 6.07) is 28.5. The number of aromatic amines is 1. The number of para-hydroxylation sites is 2. The molecule has 0 aliphatic carbocycles. The average molecular weight is 486 g/mol. The zero-order chi connectivity index (χ0) is 19.5. The summed E-state index contributed by atoms with van der Waals surface area (Å²) in [4.78, 5) is 17.3. The zero-order valence-electron chi connectivity index (χ0n) is 15.3. The van der Waals surface area contributed by atoms with Crippen LogP contribution >= 0.6 is 22.6 Å². The maximum Gasteiger partial charge on any atom is 0.264 e. The van der Waals surface area contributed by atoms with Crippen molar-refractivity contribution in [1.29, 1.82) is 0 Å². The predicted molar refractivity (Wildman–Crippen MR) is 128 cm³/mol. The number of aromatic nitrogens is 2. The van der Waals surface area contributed by atoms with Crippen LogP contribution in [-0.4, -0.2) is 15.5 Å². The highest BCUT2D eigenvalue weighted by Crippen LogP contribution is 2.37. The van der Waals surface area contributed by atoms with Crippen molar-refractivity contribution < 1.29 is 4.79 Å². The molecule has 0 atom stereocenters. The second-order valence-corrected chi connectivity index (χ2v) is 8.35. The van der Waals surface area contributed by atoms with Crippen LogP contribution in [0.25, 0.3) is 43.6 Å². The van der Waals surface area contributed by atoms with Gasteiger partial charge in [0.15, 0.2) is 0 Å². The number of nitrogens with one attached hydrogen (secondary N) is 1. The fourth-order valence-corrected chi connectivity index (χ4v) is 4.95. The highest BCUT2D eigenvalue weighted by atomic mass is 127. The first-order valence-electron chi connectivity index (χ1n) is 9.46. The summed E-state index contributed by atoms with van der Waals surface area (Å²) in [5.74, 6) is -0.00708. The Labute approximate surface area is 180 Å². The summed E-state index contributed by atoms with van der Waals surface area (Å²) in [6.45, 7) is 0. The Bertz CT molecular complexity index is 1590. The number of H-pyrrole nitrogens is 1. The minimum atomic E-state index is -0.00708. The third-order valence-corrected chi connectivity index (χ3v) is 6.56. The van der Waals surface area contributed by atoms with Gasteiger partial charge in [0.05, 0.1) is 22.1 Å². The Hall–Kier alpha value is -3.12. The summed E-state index contributed by atoms with van der Waals surface area (Å²) < 4.78 is 2.82. The first-order chi connectivity index (χ1) is 14.2. The van der Waals surface area contributed by atoms with Crippen LogP contribution in [0.1, 0.15) is 10.4 Å². The van der Waals surface area contributed by atoms with Crippen molar-refractivity contribution in [1.82, 2.24) is 9.55 Å². The number of fused-ring (bicyclic) bond motifs is 7. The Balaban J connectivity index is 1.83. The molecule has 0 aliphatic heterocycles. The molecule has 6 rings (SSSR count). The molecule has 0 fully saturated rings. The smallest absolute Gasteiger partial charge is 0.264 e. The number of hydrogen-bond acceptors (Lipinski definition) is 1. The van der Waals surface area contributed by atoms with Crippen LogP contribution in [0, 0.1) is 3.57 Å². The maximum atomic E-state index is 13.8. The number of hydrogen-bond donors (Lipinski definition) is 1. The standard InChI is InChI=1S/C25H15IN2O/c26-20-10-4-1-9-19(20)25(29)28-22-12-6-3-8-16(22)18-14-13-17-15-7-2-5-11-21(15)27-23(17)24(18)28/h1-14,27H. The molecule has 1 N–H and O–H groups in total. The van der Waals surface area contributed by atoms with E-state index in [9.17, 15) is 4.79 Å². The first-order valence-corrected chi connectivity index (χ1v) is 10.5. The van der Waals surface area contributed by atoms with Crippen LogP contribution in [0.2, 0.25) is 0 Å². The summed E-state index contributed by atoms with van der Waals surface area (Å²) in [5, 5.41) is 4.47. The van der Waals surface area contributed by atoms with Gasteiger partial charge in [-0.1, -0.05) is 60.7 Å². The molecule has 2 heterocycles. The molecule has 3 nitrogen and oxygen atoms in total. The summed E-state index contributed by atoms with van der Waals surface area (Å²) in [5.41, 5.74) is 4.65. The molecule has 4 heteroatoms. The van der Waals surface area contributed by atoms with Crippen molar-refractivity contribution in [2.75, 3.05) is 0 Å². The minimum absolute atomic E-state index is 0.00708. The van der Waals surface area contributed by atoms with Crippen molar-refractivity contribution >= 4 is 72.1 Å². The SMILES string of the molecule is O=C(c1ccccc1I)n1c2ccccc2c2ccc3c4ccccc4[nH]c3c21. The van der Waals surface area contributed by atoms with E-state index in [1.54, 1.807) is 0 Å². The molecule has 0 unspecified atom stereocenters. The summed E-state index contributed by atoms with van der Waals surface area (Å²) in [6.07, 6.45) is 0. The van der Waals surface area contributed by atoms with E-state index in [4.69, 9.17) is 0 Å². The van der Waals surface area contributed by atoms with E-state index >= 15 is 0 Å². The highest BCUT2D eigenvalue weighted by molar-refractivity contribution is 14.1. The molecule has 0 radical (unpaired) electrons. The Morgan fingerprint density at radius 2 is 1.41 bits per heavy atom. The molecule has 29 heavy (non-hydrogen) atoms. The van der Waals surface area contributed by atoms with Gasteiger partial charge in [-0.05, 0) is 46.9 Å². The lowest BCUT2D eigenvalue weighted by Crippen LogP contribution is -2.13. The zero-order valence-corrected chi connectivity index (χ0v) is 17.5. The molecular formula is C25H15IN2O. The van der Waals surface area contributed by atoms with Crippen molar-refractivity contribution in [2.45, 2.75) is 0 Å². The van der Waals surface area contributed by atoms with Gasteiger partial charge >= 0.3 is 0 Å². The van der Waals surface area contributed by atoms with Crippen LogP contribution < -0.4 is 0 Å². The van der Waals surface area contributed by atoms with Gasteiger partial charge in [-0.25, -0.2) is 0 Å². The van der Waals surface area contributed by atoms with Crippen molar-refractivity contribution in [3.63, 3.8) is 0 Å². The van der Waals surface area contributed by atoms with E-state index < -0.39 is 0 Å². The number of nitrogens with zero attached hydrogens (tertiary/aromatic N) is 1. The monoisotopic (exact) mass is 486 g/mol. The van der Waals surface area contributed by atoms with E-state index in [1.807, 2.05) is 59.2 Å².